The molecule has 0 unspecified atom stereocenters. The number of imidazole rings is 1. The second-order valence-corrected chi connectivity index (χ2v) is 10.8. The van der Waals surface area contributed by atoms with Crippen molar-refractivity contribution in [3.63, 3.8) is 0 Å². The van der Waals surface area contributed by atoms with Crippen LogP contribution in [0.4, 0.5) is 13.2 Å². The van der Waals surface area contributed by atoms with Crippen LogP contribution in [0, 0.1) is 0 Å². The highest BCUT2D eigenvalue weighted by Gasteiger charge is 2.31. The number of benzene rings is 4. The fraction of sp³-hybridized carbons (Fsp3) is 0.222. The van der Waals surface area contributed by atoms with E-state index in [2.05, 4.69) is 33.3 Å². The number of hydrogen-bond acceptors (Lipinski definition) is 4. The van der Waals surface area contributed by atoms with Crippen molar-refractivity contribution in [1.29, 1.82) is 0 Å². The molecule has 5 aromatic rings. The van der Waals surface area contributed by atoms with Crippen molar-refractivity contribution in [3.05, 3.63) is 132 Å². The van der Waals surface area contributed by atoms with E-state index in [0.717, 1.165) is 58.9 Å². The van der Waals surface area contributed by atoms with Crippen molar-refractivity contribution in [3.8, 4) is 28.4 Å². The predicted octanol–water partition coefficient (Wildman–Crippen LogP) is 8.82. The highest BCUT2D eigenvalue weighted by atomic mass is 19.4. The number of carboxylic acid groups (broad SMARTS) is 1. The molecule has 4 aromatic carbocycles. The summed E-state index contributed by atoms with van der Waals surface area (Å²) in [7, 11) is 0. The number of carboxylic acids is 1. The molecule has 0 saturated heterocycles. The Hall–Kier alpha value is -4.89. The first-order chi connectivity index (χ1) is 21.7. The molecule has 0 radical (unpaired) electrons. The Balaban J connectivity index is 1.56. The van der Waals surface area contributed by atoms with Gasteiger partial charge in [0, 0.05) is 37.3 Å². The van der Waals surface area contributed by atoms with Gasteiger partial charge < -0.3 is 14.4 Å². The van der Waals surface area contributed by atoms with E-state index in [1.54, 1.807) is 36.4 Å². The smallest absolute Gasteiger partial charge is 0.478 e. The van der Waals surface area contributed by atoms with E-state index >= 15 is 0 Å². The maximum atomic E-state index is 12.8. The molecule has 0 fully saturated rings. The summed E-state index contributed by atoms with van der Waals surface area (Å²) >= 11 is 0. The maximum absolute atomic E-state index is 12.8. The van der Waals surface area contributed by atoms with Gasteiger partial charge in [-0.3, -0.25) is 4.90 Å². The third-order valence-corrected chi connectivity index (χ3v) is 7.43. The third-order valence-electron chi connectivity index (χ3n) is 7.43. The van der Waals surface area contributed by atoms with Crippen LogP contribution in [0.5, 0.6) is 5.75 Å². The van der Waals surface area contributed by atoms with Crippen LogP contribution < -0.4 is 4.74 Å². The number of hydrogen-bond donors (Lipinski definition) is 1. The monoisotopic (exact) mass is 613 g/mol. The van der Waals surface area contributed by atoms with E-state index in [1.807, 2.05) is 48.5 Å². The Morgan fingerprint density at radius 1 is 0.800 bits per heavy atom. The fourth-order valence-corrected chi connectivity index (χ4v) is 5.28. The van der Waals surface area contributed by atoms with Gasteiger partial charge in [0.05, 0.1) is 17.0 Å². The van der Waals surface area contributed by atoms with Crippen LogP contribution in [0.1, 0.15) is 46.9 Å². The molecule has 45 heavy (non-hydrogen) atoms. The van der Waals surface area contributed by atoms with Crippen LogP contribution in [0.2, 0.25) is 0 Å². The van der Waals surface area contributed by atoms with Gasteiger partial charge in [-0.15, -0.1) is 13.2 Å². The highest BCUT2D eigenvalue weighted by molar-refractivity contribution is 5.87. The Bertz CT molecular complexity index is 1690. The Labute approximate surface area is 260 Å². The summed E-state index contributed by atoms with van der Waals surface area (Å²) in [5.74, 6) is -0.406. The van der Waals surface area contributed by atoms with E-state index in [9.17, 15) is 23.1 Å². The minimum absolute atomic E-state index is 0.196. The van der Waals surface area contributed by atoms with Crippen molar-refractivity contribution in [2.75, 3.05) is 0 Å². The number of alkyl halides is 3. The molecule has 0 aliphatic heterocycles. The maximum Gasteiger partial charge on any atom is 0.573 e. The predicted molar refractivity (Wildman–Crippen MR) is 167 cm³/mol. The Morgan fingerprint density at radius 3 is 1.89 bits per heavy atom. The van der Waals surface area contributed by atoms with Crippen LogP contribution >= 0.6 is 0 Å². The number of unbranched alkanes of at least 4 members (excludes halogenated alkanes) is 1. The van der Waals surface area contributed by atoms with Gasteiger partial charge in [0.2, 0.25) is 0 Å². The normalized spacial score (nSPS) is 11.6. The standard InChI is InChI=1S/C36H34F3N3O3/c1-2-3-22-42-32(33(28-10-6-4-7-11-28)40-34(42)29-12-8-5-9-13-29)25-41(23-26-14-18-30(19-15-26)35(43)44)24-27-16-20-31(21-17-27)45-36(37,38)39/h4-21H,2-3,22-25H2,1H3,(H,43,44). The molecule has 0 aliphatic rings. The van der Waals surface area contributed by atoms with Crippen LogP contribution in [-0.2, 0) is 26.2 Å². The summed E-state index contributed by atoms with van der Waals surface area (Å²) in [6.45, 7) is 4.28. The molecule has 1 aromatic heterocycles. The Morgan fingerprint density at radius 2 is 1.36 bits per heavy atom. The van der Waals surface area contributed by atoms with Crippen LogP contribution in [0.3, 0.4) is 0 Å². The minimum Gasteiger partial charge on any atom is -0.478 e. The Kier molecular flexibility index (Phi) is 9.99. The molecule has 5 rings (SSSR count). The van der Waals surface area contributed by atoms with E-state index in [4.69, 9.17) is 4.98 Å². The number of aromatic nitrogens is 2. The summed E-state index contributed by atoms with van der Waals surface area (Å²) in [5.41, 5.74) is 5.78. The van der Waals surface area contributed by atoms with Gasteiger partial charge in [-0.2, -0.15) is 0 Å². The first kappa shape index (κ1) is 31.5. The van der Waals surface area contributed by atoms with Crippen LogP contribution in [0.25, 0.3) is 22.6 Å². The molecule has 232 valence electrons. The van der Waals surface area contributed by atoms with Crippen molar-refractivity contribution in [2.45, 2.75) is 52.3 Å². The lowest BCUT2D eigenvalue weighted by Crippen LogP contribution is -2.25. The van der Waals surface area contributed by atoms with Gasteiger partial charge in [-0.25, -0.2) is 9.78 Å². The third kappa shape index (κ3) is 8.39. The first-order valence-corrected chi connectivity index (χ1v) is 14.8. The van der Waals surface area contributed by atoms with Gasteiger partial charge in [0.25, 0.3) is 0 Å². The topological polar surface area (TPSA) is 67.6 Å². The van der Waals surface area contributed by atoms with Gasteiger partial charge in [-0.05, 0) is 41.8 Å². The lowest BCUT2D eigenvalue weighted by Gasteiger charge is -2.25. The zero-order chi connectivity index (χ0) is 31.8. The average Bonchev–Trinajstić information content (AvgIpc) is 3.39. The van der Waals surface area contributed by atoms with Gasteiger partial charge >= 0.3 is 12.3 Å². The second kappa shape index (κ2) is 14.3. The molecule has 9 heteroatoms. The summed E-state index contributed by atoms with van der Waals surface area (Å²) in [6.07, 6.45) is -2.82. The largest absolute Gasteiger partial charge is 0.573 e. The molecule has 0 bridgehead atoms. The lowest BCUT2D eigenvalue weighted by atomic mass is 10.1. The summed E-state index contributed by atoms with van der Waals surface area (Å²) in [4.78, 5) is 18.8. The molecule has 0 amide bonds. The number of ether oxygens (including phenoxy) is 1. The van der Waals surface area contributed by atoms with E-state index in [0.29, 0.717) is 19.6 Å². The van der Waals surface area contributed by atoms with Crippen LogP contribution in [-0.4, -0.2) is 31.9 Å². The average molecular weight is 614 g/mol. The zero-order valence-corrected chi connectivity index (χ0v) is 24.9. The second-order valence-electron chi connectivity index (χ2n) is 10.8. The molecule has 1 heterocycles. The molecule has 0 saturated carbocycles. The van der Waals surface area contributed by atoms with E-state index in [-0.39, 0.29) is 11.3 Å². The van der Waals surface area contributed by atoms with Crippen molar-refractivity contribution >= 4 is 5.97 Å². The van der Waals surface area contributed by atoms with E-state index in [1.165, 1.54) is 12.1 Å². The van der Waals surface area contributed by atoms with Crippen molar-refractivity contribution < 1.29 is 27.8 Å². The molecular weight excluding hydrogens is 579 g/mol. The molecule has 6 nitrogen and oxygen atoms in total. The van der Waals surface area contributed by atoms with Gasteiger partial charge in [0.1, 0.15) is 11.6 Å². The minimum atomic E-state index is -4.77. The molecular formula is C36H34F3N3O3. The van der Waals surface area contributed by atoms with Crippen LogP contribution in [0.15, 0.2) is 109 Å². The number of rotatable bonds is 13. The molecule has 0 atom stereocenters. The number of halogens is 3. The first-order valence-electron chi connectivity index (χ1n) is 14.8. The van der Waals surface area contributed by atoms with E-state index < -0.39 is 12.3 Å². The SMILES string of the molecule is CCCCn1c(-c2ccccc2)nc(-c2ccccc2)c1CN(Cc1ccc(OC(F)(F)F)cc1)Cc1ccc(C(=O)O)cc1. The van der Waals surface area contributed by atoms with Gasteiger partial charge in [-0.1, -0.05) is 98.3 Å². The van der Waals surface area contributed by atoms with Crippen molar-refractivity contribution in [2.24, 2.45) is 0 Å². The summed E-state index contributed by atoms with van der Waals surface area (Å²) in [5, 5.41) is 9.38. The van der Waals surface area contributed by atoms with Gasteiger partial charge in [0.15, 0.2) is 0 Å². The number of nitrogens with zero attached hydrogens (tertiary/aromatic N) is 3. The number of aromatic carboxylic acids is 1. The number of carbonyl (C=O) groups is 1. The molecule has 0 aliphatic carbocycles. The zero-order valence-electron chi connectivity index (χ0n) is 24.9. The lowest BCUT2D eigenvalue weighted by molar-refractivity contribution is -0.274. The van der Waals surface area contributed by atoms with Crippen molar-refractivity contribution in [1.82, 2.24) is 14.5 Å². The quantitative estimate of drug-likeness (QED) is 0.144. The molecule has 1 N–H and O–H groups in total. The fourth-order valence-electron chi connectivity index (χ4n) is 5.28. The summed E-state index contributed by atoms with van der Waals surface area (Å²) < 4.78 is 44.7. The molecule has 0 spiro atoms. The highest BCUT2D eigenvalue weighted by Crippen LogP contribution is 2.32. The summed E-state index contributed by atoms with van der Waals surface area (Å²) in [6, 6.07) is 32.7.